The number of unbranched alkanes of at least 4 members (excludes halogenated alkanes) is 2. The van der Waals surface area contributed by atoms with Crippen molar-refractivity contribution < 1.29 is 0 Å². The fraction of sp³-hybridized carbons (Fsp3) is 1.00. The second-order valence-corrected chi connectivity index (χ2v) is 5.26. The summed E-state index contributed by atoms with van der Waals surface area (Å²) >= 11 is 0. The Morgan fingerprint density at radius 3 is 2.73 bits per heavy atom. The van der Waals surface area contributed by atoms with E-state index < -0.39 is 0 Å². The first-order chi connectivity index (χ1) is 7.22. The molecule has 0 saturated heterocycles. The van der Waals surface area contributed by atoms with Crippen LogP contribution >= 0.6 is 0 Å². The van der Waals surface area contributed by atoms with Crippen molar-refractivity contribution in [2.45, 2.75) is 57.9 Å². The summed E-state index contributed by atoms with van der Waals surface area (Å²) in [7, 11) is 2.26. The summed E-state index contributed by atoms with van der Waals surface area (Å²) in [6.07, 6.45) is 9.27. The molecule has 2 heteroatoms. The van der Waals surface area contributed by atoms with E-state index >= 15 is 0 Å². The molecule has 1 aliphatic rings. The van der Waals surface area contributed by atoms with Gasteiger partial charge in [0.25, 0.3) is 0 Å². The van der Waals surface area contributed by atoms with E-state index in [0.29, 0.717) is 6.04 Å². The van der Waals surface area contributed by atoms with E-state index in [1.165, 1.54) is 58.0 Å². The molecular formula is C13H28N2. The molecule has 0 heterocycles. The second-order valence-electron chi connectivity index (χ2n) is 5.26. The van der Waals surface area contributed by atoms with Crippen LogP contribution in [0.15, 0.2) is 0 Å². The van der Waals surface area contributed by atoms with Crippen LogP contribution in [0.2, 0.25) is 0 Å². The highest BCUT2D eigenvalue weighted by molar-refractivity contribution is 4.76. The molecule has 0 aromatic carbocycles. The molecule has 2 nitrogen and oxygen atoms in total. The Bertz CT molecular complexity index is 159. The van der Waals surface area contributed by atoms with Crippen LogP contribution in [0.1, 0.15) is 51.9 Å². The van der Waals surface area contributed by atoms with Gasteiger partial charge in [0.2, 0.25) is 0 Å². The van der Waals surface area contributed by atoms with Gasteiger partial charge in [0, 0.05) is 12.6 Å². The Hall–Kier alpha value is -0.0800. The summed E-state index contributed by atoms with van der Waals surface area (Å²) in [5.74, 6) is 0.861. The standard InChI is InChI=1S/C13H28N2/c1-3-4-5-9-15(2)11-12-7-6-8-13(14)10-12/h12-13H,3-11,14H2,1-2H3. The third kappa shape index (κ3) is 5.53. The summed E-state index contributed by atoms with van der Waals surface area (Å²) in [6.45, 7) is 4.79. The fourth-order valence-corrected chi connectivity index (χ4v) is 2.66. The maximum Gasteiger partial charge on any atom is 0.00419 e. The van der Waals surface area contributed by atoms with E-state index in [1.807, 2.05) is 0 Å². The van der Waals surface area contributed by atoms with Crippen LogP contribution in [0.3, 0.4) is 0 Å². The third-order valence-electron chi connectivity index (χ3n) is 3.54. The highest BCUT2D eigenvalue weighted by Crippen LogP contribution is 2.23. The summed E-state index contributed by atoms with van der Waals surface area (Å²) in [6, 6.07) is 0.479. The van der Waals surface area contributed by atoms with Gasteiger partial charge < -0.3 is 10.6 Å². The SMILES string of the molecule is CCCCCN(C)CC1CCCC(N)C1. The number of nitrogens with zero attached hydrogens (tertiary/aromatic N) is 1. The van der Waals surface area contributed by atoms with Crippen molar-refractivity contribution >= 4 is 0 Å². The van der Waals surface area contributed by atoms with Crippen molar-refractivity contribution in [2.75, 3.05) is 20.1 Å². The minimum atomic E-state index is 0.479. The lowest BCUT2D eigenvalue weighted by Gasteiger charge is -2.30. The third-order valence-corrected chi connectivity index (χ3v) is 3.54. The van der Waals surface area contributed by atoms with Crippen LogP contribution in [0.5, 0.6) is 0 Å². The molecule has 1 fully saturated rings. The van der Waals surface area contributed by atoms with Gasteiger partial charge in [0.15, 0.2) is 0 Å². The fourth-order valence-electron chi connectivity index (χ4n) is 2.66. The van der Waals surface area contributed by atoms with Crippen molar-refractivity contribution in [1.82, 2.24) is 4.90 Å². The predicted octanol–water partition coefficient (Wildman–Crippen LogP) is 2.63. The van der Waals surface area contributed by atoms with Gasteiger partial charge in [0.1, 0.15) is 0 Å². The first-order valence-corrected chi connectivity index (χ1v) is 6.66. The summed E-state index contributed by atoms with van der Waals surface area (Å²) < 4.78 is 0. The maximum atomic E-state index is 6.00. The molecule has 0 amide bonds. The molecule has 2 atom stereocenters. The lowest BCUT2D eigenvalue weighted by molar-refractivity contribution is 0.219. The highest BCUT2D eigenvalue weighted by Gasteiger charge is 2.19. The van der Waals surface area contributed by atoms with Crippen molar-refractivity contribution in [1.29, 1.82) is 0 Å². The normalized spacial score (nSPS) is 27.2. The maximum absolute atomic E-state index is 6.00. The van der Waals surface area contributed by atoms with Crippen molar-refractivity contribution in [3.05, 3.63) is 0 Å². The Morgan fingerprint density at radius 1 is 1.27 bits per heavy atom. The first-order valence-electron chi connectivity index (χ1n) is 6.66. The molecular weight excluding hydrogens is 184 g/mol. The topological polar surface area (TPSA) is 29.3 Å². The highest BCUT2D eigenvalue weighted by atomic mass is 15.1. The van der Waals surface area contributed by atoms with Gasteiger partial charge in [0.05, 0.1) is 0 Å². The van der Waals surface area contributed by atoms with E-state index in [9.17, 15) is 0 Å². The van der Waals surface area contributed by atoms with Crippen molar-refractivity contribution in [2.24, 2.45) is 11.7 Å². The molecule has 90 valence electrons. The van der Waals surface area contributed by atoms with Gasteiger partial charge in [-0.05, 0) is 45.2 Å². The molecule has 0 aromatic heterocycles. The number of hydrogen-bond donors (Lipinski definition) is 1. The van der Waals surface area contributed by atoms with Gasteiger partial charge in [-0.2, -0.15) is 0 Å². The van der Waals surface area contributed by atoms with Gasteiger partial charge in [-0.1, -0.05) is 26.2 Å². The Morgan fingerprint density at radius 2 is 2.07 bits per heavy atom. The van der Waals surface area contributed by atoms with Crippen LogP contribution < -0.4 is 5.73 Å². The zero-order chi connectivity index (χ0) is 11.1. The van der Waals surface area contributed by atoms with E-state index in [4.69, 9.17) is 5.73 Å². The molecule has 0 radical (unpaired) electrons. The van der Waals surface area contributed by atoms with Crippen LogP contribution in [0.25, 0.3) is 0 Å². The van der Waals surface area contributed by atoms with E-state index in [-0.39, 0.29) is 0 Å². The Kier molecular flexibility index (Phi) is 6.26. The van der Waals surface area contributed by atoms with E-state index in [1.54, 1.807) is 0 Å². The Labute approximate surface area is 95.2 Å². The zero-order valence-electron chi connectivity index (χ0n) is 10.5. The summed E-state index contributed by atoms with van der Waals surface area (Å²) in [4.78, 5) is 2.50. The summed E-state index contributed by atoms with van der Waals surface area (Å²) in [5, 5.41) is 0. The first kappa shape index (κ1) is 13.0. The molecule has 1 rings (SSSR count). The average Bonchev–Trinajstić information content (AvgIpc) is 2.18. The zero-order valence-corrected chi connectivity index (χ0v) is 10.5. The number of hydrogen-bond acceptors (Lipinski definition) is 2. The van der Waals surface area contributed by atoms with Gasteiger partial charge in [-0.25, -0.2) is 0 Å². The van der Waals surface area contributed by atoms with E-state index in [0.717, 1.165) is 5.92 Å². The van der Waals surface area contributed by atoms with Gasteiger partial charge >= 0.3 is 0 Å². The molecule has 1 aliphatic carbocycles. The van der Waals surface area contributed by atoms with Crippen LogP contribution in [0.4, 0.5) is 0 Å². The molecule has 0 aliphatic heterocycles. The molecule has 0 aromatic rings. The number of nitrogens with two attached hydrogens (primary N) is 1. The smallest absolute Gasteiger partial charge is 0.00419 e. The van der Waals surface area contributed by atoms with Gasteiger partial charge in [-0.15, -0.1) is 0 Å². The average molecular weight is 212 g/mol. The molecule has 2 N–H and O–H groups in total. The minimum Gasteiger partial charge on any atom is -0.328 e. The second kappa shape index (κ2) is 7.24. The number of rotatable bonds is 6. The molecule has 1 saturated carbocycles. The monoisotopic (exact) mass is 212 g/mol. The Balaban J connectivity index is 2.10. The predicted molar refractivity (Wildman–Crippen MR) is 67.0 cm³/mol. The quantitative estimate of drug-likeness (QED) is 0.686. The molecule has 0 bridgehead atoms. The molecule has 2 unspecified atom stereocenters. The minimum absolute atomic E-state index is 0.479. The summed E-state index contributed by atoms with van der Waals surface area (Å²) in [5.41, 5.74) is 6.00. The van der Waals surface area contributed by atoms with Crippen LogP contribution in [-0.2, 0) is 0 Å². The van der Waals surface area contributed by atoms with Crippen LogP contribution in [-0.4, -0.2) is 31.1 Å². The largest absolute Gasteiger partial charge is 0.328 e. The van der Waals surface area contributed by atoms with E-state index in [2.05, 4.69) is 18.9 Å². The molecule has 0 spiro atoms. The van der Waals surface area contributed by atoms with Gasteiger partial charge in [-0.3, -0.25) is 0 Å². The van der Waals surface area contributed by atoms with Crippen molar-refractivity contribution in [3.63, 3.8) is 0 Å². The lowest BCUT2D eigenvalue weighted by atomic mass is 9.86. The molecule has 15 heavy (non-hydrogen) atoms. The lowest BCUT2D eigenvalue weighted by Crippen LogP contribution is -2.34. The van der Waals surface area contributed by atoms with Crippen molar-refractivity contribution in [3.8, 4) is 0 Å². The van der Waals surface area contributed by atoms with Crippen LogP contribution in [0, 0.1) is 5.92 Å².